The van der Waals surface area contributed by atoms with E-state index in [1.54, 1.807) is 0 Å². The highest BCUT2D eigenvalue weighted by Gasteiger charge is 2.66. The maximum Gasteiger partial charge on any atom is 0.0359 e. The summed E-state index contributed by atoms with van der Waals surface area (Å²) in [5.74, 6) is 1.60. The Morgan fingerprint density at radius 1 is 1.40 bits per heavy atom. The molecule has 1 saturated carbocycles. The third-order valence-electron chi connectivity index (χ3n) is 5.82. The molecule has 4 atom stereocenters. The maximum atomic E-state index is 6.04. The van der Waals surface area contributed by atoms with Crippen LogP contribution in [-0.4, -0.2) is 44.2 Å². The van der Waals surface area contributed by atoms with Crippen molar-refractivity contribution in [3.05, 3.63) is 29.8 Å². The summed E-state index contributed by atoms with van der Waals surface area (Å²) in [5, 5.41) is 7.40. The summed E-state index contributed by atoms with van der Waals surface area (Å²) in [6, 6.07) is 8.83. The standard InChI is InChI=1S/C16H24N4/c1-20-8-13-15(12-7-18-9-16(12,13)10-20)19-6-11-4-2-3-5-14(11)17/h2-5,12-13,15,18-19H,6-10,17H2,1H3. The lowest BCUT2D eigenvalue weighted by atomic mass is 9.53. The topological polar surface area (TPSA) is 53.3 Å². The second-order valence-corrected chi connectivity index (χ2v) is 6.88. The first-order valence-electron chi connectivity index (χ1n) is 7.67. The largest absolute Gasteiger partial charge is 0.398 e. The Labute approximate surface area is 120 Å². The highest BCUT2D eigenvalue weighted by molar-refractivity contribution is 5.46. The van der Waals surface area contributed by atoms with Crippen LogP contribution in [0.25, 0.3) is 0 Å². The zero-order chi connectivity index (χ0) is 13.7. The van der Waals surface area contributed by atoms with Crippen molar-refractivity contribution in [1.29, 1.82) is 0 Å². The van der Waals surface area contributed by atoms with Crippen molar-refractivity contribution in [2.45, 2.75) is 12.6 Å². The number of nitrogen functional groups attached to an aromatic ring is 1. The van der Waals surface area contributed by atoms with Crippen LogP contribution in [0.1, 0.15) is 5.56 Å². The van der Waals surface area contributed by atoms with Gasteiger partial charge in [-0.3, -0.25) is 0 Å². The molecule has 0 radical (unpaired) electrons. The van der Waals surface area contributed by atoms with Gasteiger partial charge in [0.05, 0.1) is 0 Å². The number of hydrogen-bond acceptors (Lipinski definition) is 4. The number of hydrogen-bond donors (Lipinski definition) is 3. The third kappa shape index (κ3) is 1.65. The first-order valence-corrected chi connectivity index (χ1v) is 7.67. The Balaban J connectivity index is 1.47. The van der Waals surface area contributed by atoms with Gasteiger partial charge in [-0.15, -0.1) is 0 Å². The molecule has 0 amide bonds. The highest BCUT2D eigenvalue weighted by Crippen LogP contribution is 2.57. The van der Waals surface area contributed by atoms with Gasteiger partial charge in [0.25, 0.3) is 0 Å². The number of para-hydroxylation sites is 1. The minimum atomic E-state index is 0.550. The van der Waals surface area contributed by atoms with Crippen LogP contribution in [-0.2, 0) is 6.54 Å². The summed E-state index contributed by atoms with van der Waals surface area (Å²) in [4.78, 5) is 2.50. The molecular weight excluding hydrogens is 248 g/mol. The molecule has 1 aromatic carbocycles. The molecule has 3 fully saturated rings. The normalized spacial score (nSPS) is 39.4. The first kappa shape index (κ1) is 12.6. The zero-order valence-electron chi connectivity index (χ0n) is 12.1. The fourth-order valence-electron chi connectivity index (χ4n) is 4.90. The van der Waals surface area contributed by atoms with Crippen LogP contribution >= 0.6 is 0 Å². The lowest BCUT2D eigenvalue weighted by Gasteiger charge is -2.54. The molecule has 20 heavy (non-hydrogen) atoms. The van der Waals surface area contributed by atoms with Gasteiger partial charge in [0, 0.05) is 49.9 Å². The van der Waals surface area contributed by atoms with Crippen LogP contribution in [0, 0.1) is 17.3 Å². The van der Waals surface area contributed by atoms with Crippen molar-refractivity contribution in [1.82, 2.24) is 15.5 Å². The molecule has 4 rings (SSSR count). The van der Waals surface area contributed by atoms with Crippen LogP contribution < -0.4 is 16.4 Å². The summed E-state index contributed by atoms with van der Waals surface area (Å²) < 4.78 is 0. The van der Waals surface area contributed by atoms with Crippen LogP contribution in [0.3, 0.4) is 0 Å². The van der Waals surface area contributed by atoms with Crippen molar-refractivity contribution in [2.24, 2.45) is 17.3 Å². The molecule has 3 aliphatic rings. The van der Waals surface area contributed by atoms with Crippen molar-refractivity contribution in [3.63, 3.8) is 0 Å². The van der Waals surface area contributed by atoms with Gasteiger partial charge < -0.3 is 21.3 Å². The van der Waals surface area contributed by atoms with Crippen molar-refractivity contribution < 1.29 is 0 Å². The van der Waals surface area contributed by atoms with Gasteiger partial charge in [0.15, 0.2) is 0 Å². The van der Waals surface area contributed by atoms with E-state index in [0.717, 1.165) is 24.1 Å². The minimum Gasteiger partial charge on any atom is -0.398 e. The number of anilines is 1. The number of nitrogens with zero attached hydrogens (tertiary/aromatic N) is 1. The number of rotatable bonds is 3. The SMILES string of the molecule is CN1CC2C(NCc3ccccc3N)C3CNCC32C1. The molecule has 0 bridgehead atoms. The van der Waals surface area contributed by atoms with Gasteiger partial charge in [-0.1, -0.05) is 18.2 Å². The average molecular weight is 272 g/mol. The Hall–Kier alpha value is -1.10. The molecule has 2 aliphatic heterocycles. The van der Waals surface area contributed by atoms with E-state index < -0.39 is 0 Å². The molecule has 4 nitrogen and oxygen atoms in total. The third-order valence-corrected chi connectivity index (χ3v) is 5.82. The number of likely N-dealkylation sites (tertiary alicyclic amines) is 1. The van der Waals surface area contributed by atoms with Crippen LogP contribution in [0.2, 0.25) is 0 Å². The Kier molecular flexibility index (Phi) is 2.81. The summed E-state index contributed by atoms with van der Waals surface area (Å²) in [6.45, 7) is 5.77. The summed E-state index contributed by atoms with van der Waals surface area (Å²) in [6.07, 6.45) is 0. The monoisotopic (exact) mass is 272 g/mol. The van der Waals surface area contributed by atoms with E-state index in [9.17, 15) is 0 Å². The molecule has 1 aromatic rings. The zero-order valence-corrected chi connectivity index (χ0v) is 12.1. The lowest BCUT2D eigenvalue weighted by Crippen LogP contribution is -2.64. The molecule has 4 heteroatoms. The van der Waals surface area contributed by atoms with Crippen LogP contribution in [0.5, 0.6) is 0 Å². The Morgan fingerprint density at radius 2 is 2.25 bits per heavy atom. The van der Waals surface area contributed by atoms with E-state index in [1.165, 1.54) is 31.7 Å². The Bertz CT molecular complexity index is 517. The summed E-state index contributed by atoms with van der Waals surface area (Å²) in [5.41, 5.74) is 8.72. The predicted octanol–water partition coefficient (Wildman–Crippen LogP) is 0.508. The average Bonchev–Trinajstić information content (AvgIpc) is 2.93. The molecule has 4 N–H and O–H groups in total. The summed E-state index contributed by atoms with van der Waals surface area (Å²) >= 11 is 0. The molecular formula is C16H24N4. The van der Waals surface area contributed by atoms with Crippen molar-refractivity contribution in [2.75, 3.05) is 39.0 Å². The fraction of sp³-hybridized carbons (Fsp3) is 0.625. The van der Waals surface area contributed by atoms with E-state index >= 15 is 0 Å². The van der Waals surface area contributed by atoms with Gasteiger partial charge in [0.1, 0.15) is 0 Å². The molecule has 2 saturated heterocycles. The lowest BCUT2D eigenvalue weighted by molar-refractivity contribution is -0.0130. The van der Waals surface area contributed by atoms with E-state index in [2.05, 4.69) is 34.7 Å². The van der Waals surface area contributed by atoms with Crippen molar-refractivity contribution in [3.8, 4) is 0 Å². The van der Waals surface area contributed by atoms with E-state index in [4.69, 9.17) is 5.73 Å². The molecule has 4 unspecified atom stereocenters. The van der Waals surface area contributed by atoms with Gasteiger partial charge in [-0.2, -0.15) is 0 Å². The Morgan fingerprint density at radius 3 is 3.10 bits per heavy atom. The van der Waals surface area contributed by atoms with Gasteiger partial charge in [-0.05, 0) is 30.5 Å². The molecule has 108 valence electrons. The second kappa shape index (κ2) is 4.45. The quantitative estimate of drug-likeness (QED) is 0.702. The summed E-state index contributed by atoms with van der Waals surface area (Å²) in [7, 11) is 2.26. The van der Waals surface area contributed by atoms with Crippen LogP contribution in [0.15, 0.2) is 24.3 Å². The highest BCUT2D eigenvalue weighted by atomic mass is 15.2. The number of nitrogens with two attached hydrogens (primary N) is 1. The molecule has 0 aromatic heterocycles. The second-order valence-electron chi connectivity index (χ2n) is 6.88. The molecule has 2 heterocycles. The molecule has 1 spiro atoms. The van der Waals surface area contributed by atoms with Crippen LogP contribution in [0.4, 0.5) is 5.69 Å². The maximum absolute atomic E-state index is 6.04. The fourth-order valence-corrected chi connectivity index (χ4v) is 4.90. The minimum absolute atomic E-state index is 0.550. The van der Waals surface area contributed by atoms with E-state index in [1.807, 2.05) is 12.1 Å². The predicted molar refractivity (Wildman–Crippen MR) is 81.3 cm³/mol. The van der Waals surface area contributed by atoms with Gasteiger partial charge in [0.2, 0.25) is 0 Å². The van der Waals surface area contributed by atoms with E-state index in [0.29, 0.717) is 11.5 Å². The first-order chi connectivity index (χ1) is 9.71. The van der Waals surface area contributed by atoms with Crippen molar-refractivity contribution >= 4 is 5.69 Å². The van der Waals surface area contributed by atoms with Gasteiger partial charge >= 0.3 is 0 Å². The van der Waals surface area contributed by atoms with E-state index in [-0.39, 0.29) is 0 Å². The van der Waals surface area contributed by atoms with Gasteiger partial charge in [-0.25, -0.2) is 0 Å². The smallest absolute Gasteiger partial charge is 0.0359 e. The number of benzene rings is 1. The molecule has 1 aliphatic carbocycles. The number of nitrogens with one attached hydrogen (secondary N) is 2.